The van der Waals surface area contributed by atoms with E-state index in [0.717, 1.165) is 12.0 Å². The van der Waals surface area contributed by atoms with Crippen molar-refractivity contribution in [3.05, 3.63) is 0 Å². The average molecular weight is 198 g/mol. The van der Waals surface area contributed by atoms with E-state index in [1.807, 2.05) is 0 Å². The number of nitrogens with zero attached hydrogens (tertiary/aromatic N) is 1. The van der Waals surface area contributed by atoms with Crippen LogP contribution in [0.3, 0.4) is 0 Å². The number of quaternary nitrogens is 1. The van der Waals surface area contributed by atoms with E-state index in [1.165, 1.54) is 49.8 Å². The Morgan fingerprint density at radius 1 is 1.00 bits per heavy atom. The van der Waals surface area contributed by atoms with E-state index in [9.17, 15) is 0 Å². The van der Waals surface area contributed by atoms with Crippen molar-refractivity contribution in [3.8, 4) is 0 Å². The summed E-state index contributed by atoms with van der Waals surface area (Å²) in [6.07, 6.45) is 5.70. The molecule has 0 spiro atoms. The molecule has 1 fully saturated rings. The number of likely N-dealkylation sites (tertiary alicyclic amines) is 1. The van der Waals surface area contributed by atoms with Gasteiger partial charge in [-0.2, -0.15) is 0 Å². The molecule has 0 bridgehead atoms. The summed E-state index contributed by atoms with van der Waals surface area (Å²) in [5.41, 5.74) is 0. The maximum Gasteiger partial charge on any atom is 0.0915 e. The Labute approximate surface area is 90.1 Å². The lowest BCUT2D eigenvalue weighted by molar-refractivity contribution is -0.957. The first-order chi connectivity index (χ1) is 6.74. The fourth-order valence-electron chi connectivity index (χ4n) is 3.68. The van der Waals surface area contributed by atoms with E-state index in [4.69, 9.17) is 0 Å². The molecule has 14 heavy (non-hydrogen) atoms. The first kappa shape index (κ1) is 12.0. The first-order valence-electron chi connectivity index (χ1n) is 6.59. The van der Waals surface area contributed by atoms with Crippen molar-refractivity contribution in [2.75, 3.05) is 19.6 Å². The Morgan fingerprint density at radius 3 is 2.07 bits per heavy atom. The molecule has 0 aromatic carbocycles. The van der Waals surface area contributed by atoms with Crippen LogP contribution in [0.1, 0.15) is 53.4 Å². The molecule has 0 aromatic rings. The lowest BCUT2D eigenvalue weighted by atomic mass is 9.83. The van der Waals surface area contributed by atoms with Crippen molar-refractivity contribution >= 4 is 0 Å². The van der Waals surface area contributed by atoms with E-state index < -0.39 is 0 Å². The zero-order valence-electron chi connectivity index (χ0n) is 10.6. The van der Waals surface area contributed by atoms with Gasteiger partial charge in [0.15, 0.2) is 0 Å². The Kier molecular flexibility index (Phi) is 4.43. The van der Waals surface area contributed by atoms with Crippen molar-refractivity contribution in [1.82, 2.24) is 0 Å². The highest BCUT2D eigenvalue weighted by Gasteiger charge is 2.40. The minimum absolute atomic E-state index is 0.948. The van der Waals surface area contributed by atoms with Crippen LogP contribution >= 0.6 is 0 Å². The number of hydrogen-bond donors (Lipinski definition) is 0. The van der Waals surface area contributed by atoms with Gasteiger partial charge in [0.25, 0.3) is 0 Å². The topological polar surface area (TPSA) is 0 Å². The second-order valence-corrected chi connectivity index (χ2v) is 4.86. The van der Waals surface area contributed by atoms with E-state index in [1.54, 1.807) is 0 Å². The predicted octanol–water partition coefficient (Wildman–Crippen LogP) is 3.44. The first-order valence-corrected chi connectivity index (χ1v) is 6.59. The number of piperidine rings is 1. The quantitative estimate of drug-likeness (QED) is 0.607. The van der Waals surface area contributed by atoms with Gasteiger partial charge < -0.3 is 4.48 Å². The summed E-state index contributed by atoms with van der Waals surface area (Å²) >= 11 is 0. The van der Waals surface area contributed by atoms with Crippen LogP contribution in [0.15, 0.2) is 0 Å². The maximum absolute atomic E-state index is 2.39. The maximum atomic E-state index is 2.39. The monoisotopic (exact) mass is 198 g/mol. The zero-order chi connectivity index (χ0) is 10.6. The normalized spacial score (nSPS) is 31.7. The number of rotatable bonds is 4. The fourth-order valence-corrected chi connectivity index (χ4v) is 3.68. The zero-order valence-corrected chi connectivity index (χ0v) is 10.6. The van der Waals surface area contributed by atoms with Crippen molar-refractivity contribution in [1.29, 1.82) is 0 Å². The van der Waals surface area contributed by atoms with Crippen LogP contribution in [0.25, 0.3) is 0 Å². The van der Waals surface area contributed by atoms with E-state index in [-0.39, 0.29) is 0 Å². The van der Waals surface area contributed by atoms with Gasteiger partial charge in [0.05, 0.1) is 25.7 Å². The molecule has 0 N–H and O–H groups in total. The summed E-state index contributed by atoms with van der Waals surface area (Å²) in [6.45, 7) is 13.6. The Hall–Kier alpha value is -0.0400. The minimum Gasteiger partial charge on any atom is -0.321 e. The molecule has 0 amide bonds. The van der Waals surface area contributed by atoms with Gasteiger partial charge >= 0.3 is 0 Å². The lowest BCUT2D eigenvalue weighted by Crippen LogP contribution is -2.60. The molecule has 1 heteroatoms. The van der Waals surface area contributed by atoms with E-state index >= 15 is 0 Å². The van der Waals surface area contributed by atoms with E-state index in [0.29, 0.717) is 0 Å². The molecular weight excluding hydrogens is 170 g/mol. The summed E-state index contributed by atoms with van der Waals surface area (Å²) in [5, 5.41) is 0. The third-order valence-electron chi connectivity index (χ3n) is 4.63. The Morgan fingerprint density at radius 2 is 1.64 bits per heavy atom. The molecule has 2 atom stereocenters. The SMILES string of the molecule is CCC1CCC[N+](CC)(CC)C1CC. The van der Waals surface area contributed by atoms with Crippen LogP contribution < -0.4 is 0 Å². The highest BCUT2D eigenvalue weighted by atomic mass is 15.4. The van der Waals surface area contributed by atoms with Gasteiger partial charge in [0.2, 0.25) is 0 Å². The molecule has 1 aliphatic heterocycles. The minimum atomic E-state index is 0.948. The Bertz CT molecular complexity index is 161. The molecule has 84 valence electrons. The fraction of sp³-hybridized carbons (Fsp3) is 1.00. The van der Waals surface area contributed by atoms with Crippen molar-refractivity contribution in [3.63, 3.8) is 0 Å². The summed E-state index contributed by atoms with van der Waals surface area (Å²) in [7, 11) is 0. The Balaban J connectivity index is 2.80. The largest absolute Gasteiger partial charge is 0.321 e. The van der Waals surface area contributed by atoms with Crippen LogP contribution in [0.5, 0.6) is 0 Å². The summed E-state index contributed by atoms with van der Waals surface area (Å²) in [5.74, 6) is 0.994. The predicted molar refractivity (Wildman–Crippen MR) is 63.3 cm³/mol. The van der Waals surface area contributed by atoms with Crippen molar-refractivity contribution in [2.24, 2.45) is 5.92 Å². The molecule has 0 radical (unpaired) electrons. The molecule has 0 aromatic heterocycles. The summed E-state index contributed by atoms with van der Waals surface area (Å²) in [6, 6.07) is 0.948. The molecular formula is C13H28N+. The molecule has 1 heterocycles. The third-order valence-corrected chi connectivity index (χ3v) is 4.63. The molecule has 1 nitrogen and oxygen atoms in total. The van der Waals surface area contributed by atoms with Crippen molar-refractivity contribution in [2.45, 2.75) is 59.4 Å². The second-order valence-electron chi connectivity index (χ2n) is 4.86. The van der Waals surface area contributed by atoms with E-state index in [2.05, 4.69) is 27.7 Å². The molecule has 1 rings (SSSR count). The standard InChI is InChI=1S/C13H28N/c1-5-12-10-9-11-14(7-3,8-4)13(12)6-2/h12-13H,5-11H2,1-4H3/q+1. The van der Waals surface area contributed by atoms with Gasteiger partial charge in [-0.05, 0) is 39.5 Å². The highest BCUT2D eigenvalue weighted by Crippen LogP contribution is 2.34. The second kappa shape index (κ2) is 5.16. The smallest absolute Gasteiger partial charge is 0.0915 e. The van der Waals surface area contributed by atoms with Crippen LogP contribution in [-0.2, 0) is 0 Å². The highest BCUT2D eigenvalue weighted by molar-refractivity contribution is 4.74. The van der Waals surface area contributed by atoms with Gasteiger partial charge in [-0.1, -0.05) is 13.8 Å². The molecule has 0 aliphatic carbocycles. The molecule has 2 unspecified atom stereocenters. The summed E-state index contributed by atoms with van der Waals surface area (Å²) < 4.78 is 1.40. The molecule has 1 aliphatic rings. The van der Waals surface area contributed by atoms with Crippen LogP contribution in [0.2, 0.25) is 0 Å². The lowest BCUT2D eigenvalue weighted by Gasteiger charge is -2.50. The van der Waals surface area contributed by atoms with Crippen LogP contribution in [-0.4, -0.2) is 30.2 Å². The van der Waals surface area contributed by atoms with Gasteiger partial charge in [-0.25, -0.2) is 0 Å². The number of hydrogen-bond acceptors (Lipinski definition) is 0. The molecule has 0 saturated carbocycles. The molecule has 1 saturated heterocycles. The van der Waals surface area contributed by atoms with Crippen molar-refractivity contribution < 1.29 is 4.48 Å². The van der Waals surface area contributed by atoms with Crippen LogP contribution in [0.4, 0.5) is 0 Å². The third kappa shape index (κ3) is 1.98. The summed E-state index contributed by atoms with van der Waals surface area (Å²) in [4.78, 5) is 0. The van der Waals surface area contributed by atoms with Gasteiger partial charge in [0.1, 0.15) is 0 Å². The average Bonchev–Trinajstić information content (AvgIpc) is 2.27. The van der Waals surface area contributed by atoms with Gasteiger partial charge in [0, 0.05) is 5.92 Å². The van der Waals surface area contributed by atoms with Gasteiger partial charge in [-0.3, -0.25) is 0 Å². The van der Waals surface area contributed by atoms with Crippen LogP contribution in [0, 0.1) is 5.92 Å². The van der Waals surface area contributed by atoms with Gasteiger partial charge in [-0.15, -0.1) is 0 Å².